The maximum Gasteiger partial charge on any atom is 0.315 e. The van der Waals surface area contributed by atoms with Crippen molar-refractivity contribution in [1.29, 1.82) is 0 Å². The Morgan fingerprint density at radius 2 is 2.32 bits per heavy atom. The fourth-order valence-electron chi connectivity index (χ4n) is 2.49. The number of carbonyl (C=O) groups is 2. The fourth-order valence-corrected chi connectivity index (χ4v) is 2.49. The second-order valence-electron chi connectivity index (χ2n) is 5.69. The lowest BCUT2D eigenvalue weighted by Crippen LogP contribution is -2.50. The lowest BCUT2D eigenvalue weighted by Gasteiger charge is -2.23. The first-order valence-corrected chi connectivity index (χ1v) is 7.60. The summed E-state index contributed by atoms with van der Waals surface area (Å²) in [4.78, 5) is 25.8. The lowest BCUT2D eigenvalue weighted by atomic mass is 10.1. The van der Waals surface area contributed by atoms with E-state index in [1.807, 2.05) is 31.1 Å². The van der Waals surface area contributed by atoms with E-state index in [1.165, 1.54) is 0 Å². The zero-order valence-electron chi connectivity index (χ0n) is 13.1. The second kappa shape index (κ2) is 7.84. The van der Waals surface area contributed by atoms with Crippen molar-refractivity contribution < 1.29 is 14.0 Å². The van der Waals surface area contributed by atoms with E-state index in [0.717, 1.165) is 18.6 Å². The molecule has 0 saturated carbocycles. The lowest BCUT2D eigenvalue weighted by molar-refractivity contribution is -0.122. The van der Waals surface area contributed by atoms with Gasteiger partial charge in [0.05, 0.1) is 12.3 Å². The molecule has 0 unspecified atom stereocenters. The van der Waals surface area contributed by atoms with Crippen LogP contribution in [0.2, 0.25) is 0 Å². The van der Waals surface area contributed by atoms with Crippen molar-refractivity contribution in [3.63, 3.8) is 0 Å². The normalized spacial score (nSPS) is 20.1. The van der Waals surface area contributed by atoms with Gasteiger partial charge >= 0.3 is 6.03 Å². The molecule has 0 bridgehead atoms. The van der Waals surface area contributed by atoms with Crippen LogP contribution in [0.3, 0.4) is 0 Å². The summed E-state index contributed by atoms with van der Waals surface area (Å²) in [6.07, 6.45) is 4.17. The molecule has 1 fully saturated rings. The van der Waals surface area contributed by atoms with Crippen LogP contribution < -0.4 is 16.0 Å². The zero-order chi connectivity index (χ0) is 15.9. The number of furan rings is 1. The summed E-state index contributed by atoms with van der Waals surface area (Å²) in [6.45, 7) is 1.08. The maximum atomic E-state index is 12.0. The average Bonchev–Trinajstić information content (AvgIpc) is 2.92. The van der Waals surface area contributed by atoms with Gasteiger partial charge in [0.15, 0.2) is 0 Å². The largest absolute Gasteiger partial charge is 0.468 e. The number of rotatable bonds is 5. The molecule has 1 aliphatic rings. The van der Waals surface area contributed by atoms with Crippen molar-refractivity contribution in [2.45, 2.75) is 31.3 Å². The Labute approximate surface area is 130 Å². The van der Waals surface area contributed by atoms with E-state index < -0.39 is 6.04 Å². The topological polar surface area (TPSA) is 86.6 Å². The summed E-state index contributed by atoms with van der Waals surface area (Å²) in [5.74, 6) is 0.681. The van der Waals surface area contributed by atoms with Gasteiger partial charge in [0, 0.05) is 13.1 Å². The predicted octanol–water partition coefficient (Wildman–Crippen LogP) is 0.850. The number of nitrogens with one attached hydrogen (secondary N) is 3. The van der Waals surface area contributed by atoms with Crippen LogP contribution in [0.1, 0.15) is 31.1 Å². The van der Waals surface area contributed by atoms with E-state index in [1.54, 1.807) is 6.26 Å². The van der Waals surface area contributed by atoms with Crippen molar-refractivity contribution >= 4 is 11.9 Å². The minimum atomic E-state index is -0.455. The van der Waals surface area contributed by atoms with Gasteiger partial charge in [-0.15, -0.1) is 0 Å². The summed E-state index contributed by atoms with van der Waals surface area (Å²) in [6, 6.07) is 2.86. The molecule has 1 aromatic heterocycles. The summed E-state index contributed by atoms with van der Waals surface area (Å²) in [5, 5.41) is 8.35. The van der Waals surface area contributed by atoms with Gasteiger partial charge in [0.1, 0.15) is 11.8 Å². The van der Waals surface area contributed by atoms with Gasteiger partial charge in [-0.05, 0) is 45.5 Å². The molecule has 3 amide bonds. The zero-order valence-corrected chi connectivity index (χ0v) is 13.1. The summed E-state index contributed by atoms with van der Waals surface area (Å²) in [5.41, 5.74) is 0. The molecular formula is C15H24N4O3. The Hall–Kier alpha value is -2.02. The van der Waals surface area contributed by atoms with Crippen molar-refractivity contribution in [1.82, 2.24) is 20.9 Å². The Morgan fingerprint density at radius 3 is 3.00 bits per heavy atom. The van der Waals surface area contributed by atoms with E-state index in [2.05, 4.69) is 16.0 Å². The molecule has 122 valence electrons. The first-order valence-electron chi connectivity index (χ1n) is 7.60. The predicted molar refractivity (Wildman–Crippen MR) is 82.3 cm³/mol. The van der Waals surface area contributed by atoms with Crippen LogP contribution in [0.4, 0.5) is 4.79 Å². The van der Waals surface area contributed by atoms with Gasteiger partial charge in [0.25, 0.3) is 0 Å². The van der Waals surface area contributed by atoms with E-state index in [4.69, 9.17) is 4.42 Å². The molecule has 2 heterocycles. The van der Waals surface area contributed by atoms with Gasteiger partial charge in [-0.3, -0.25) is 9.69 Å². The standard InChI is InChI=1S/C15H24N4O3/c1-19(2)12(13-7-5-9-22-13)10-17-15(21)18-11-6-3-4-8-16-14(11)20/h5,7,9,11-12H,3-4,6,8,10H2,1-2H3,(H,16,20)(H2,17,18,21)/t11-,12+/m0/s1. The van der Waals surface area contributed by atoms with Crippen LogP contribution in [-0.2, 0) is 4.79 Å². The Kier molecular flexibility index (Phi) is 5.83. The van der Waals surface area contributed by atoms with Crippen molar-refractivity contribution in [2.75, 3.05) is 27.2 Å². The maximum absolute atomic E-state index is 12.0. The highest BCUT2D eigenvalue weighted by Crippen LogP contribution is 2.17. The molecule has 3 N–H and O–H groups in total. The van der Waals surface area contributed by atoms with Crippen LogP contribution in [0.25, 0.3) is 0 Å². The Bertz CT molecular complexity index is 487. The number of hydrogen-bond donors (Lipinski definition) is 3. The van der Waals surface area contributed by atoms with Gasteiger partial charge < -0.3 is 20.4 Å². The fraction of sp³-hybridized carbons (Fsp3) is 0.600. The number of likely N-dealkylation sites (N-methyl/N-ethyl adjacent to an activating group) is 1. The monoisotopic (exact) mass is 308 g/mol. The van der Waals surface area contributed by atoms with Crippen molar-refractivity contribution in [3.8, 4) is 0 Å². The molecular weight excluding hydrogens is 284 g/mol. The number of amides is 3. The van der Waals surface area contributed by atoms with E-state index in [9.17, 15) is 9.59 Å². The smallest absolute Gasteiger partial charge is 0.315 e. The van der Waals surface area contributed by atoms with Gasteiger partial charge in [-0.25, -0.2) is 4.79 Å². The van der Waals surface area contributed by atoms with Crippen LogP contribution in [0.15, 0.2) is 22.8 Å². The van der Waals surface area contributed by atoms with Gasteiger partial charge in [-0.1, -0.05) is 0 Å². The molecule has 7 nitrogen and oxygen atoms in total. The molecule has 0 aliphatic carbocycles. The van der Waals surface area contributed by atoms with Gasteiger partial charge in [-0.2, -0.15) is 0 Å². The van der Waals surface area contributed by atoms with Crippen molar-refractivity contribution in [2.24, 2.45) is 0 Å². The number of hydrogen-bond acceptors (Lipinski definition) is 4. The van der Waals surface area contributed by atoms with Crippen LogP contribution in [0, 0.1) is 0 Å². The molecule has 0 radical (unpaired) electrons. The van der Waals surface area contributed by atoms with Crippen LogP contribution in [-0.4, -0.2) is 50.1 Å². The molecule has 22 heavy (non-hydrogen) atoms. The highest BCUT2D eigenvalue weighted by Gasteiger charge is 2.23. The summed E-state index contributed by atoms with van der Waals surface area (Å²) < 4.78 is 5.40. The molecule has 0 aromatic carbocycles. The molecule has 1 aromatic rings. The molecule has 1 saturated heterocycles. The van der Waals surface area contributed by atoms with Gasteiger partial charge in [0.2, 0.25) is 5.91 Å². The molecule has 1 aliphatic heterocycles. The SMILES string of the molecule is CN(C)[C@H](CNC(=O)N[C@H]1CCCCNC1=O)c1ccco1. The first kappa shape index (κ1) is 16.4. The second-order valence-corrected chi connectivity index (χ2v) is 5.69. The molecule has 0 spiro atoms. The number of nitrogens with zero attached hydrogens (tertiary/aromatic N) is 1. The third kappa shape index (κ3) is 4.49. The third-order valence-corrected chi connectivity index (χ3v) is 3.79. The van der Waals surface area contributed by atoms with Crippen molar-refractivity contribution in [3.05, 3.63) is 24.2 Å². The average molecular weight is 308 g/mol. The highest BCUT2D eigenvalue weighted by molar-refractivity contribution is 5.87. The number of carbonyl (C=O) groups excluding carboxylic acids is 2. The van der Waals surface area contributed by atoms with E-state index in [0.29, 0.717) is 19.5 Å². The minimum absolute atomic E-state index is 0.0521. The Morgan fingerprint density at radius 1 is 1.50 bits per heavy atom. The molecule has 2 rings (SSSR count). The summed E-state index contributed by atoms with van der Waals surface area (Å²) >= 11 is 0. The quantitative estimate of drug-likeness (QED) is 0.752. The molecule has 7 heteroatoms. The minimum Gasteiger partial charge on any atom is -0.468 e. The first-order chi connectivity index (χ1) is 10.6. The Balaban J connectivity index is 1.84. The van der Waals surface area contributed by atoms with Crippen LogP contribution in [0.5, 0.6) is 0 Å². The number of urea groups is 1. The third-order valence-electron chi connectivity index (χ3n) is 3.79. The van der Waals surface area contributed by atoms with E-state index >= 15 is 0 Å². The summed E-state index contributed by atoms with van der Waals surface area (Å²) in [7, 11) is 3.84. The molecule has 2 atom stereocenters. The highest BCUT2D eigenvalue weighted by atomic mass is 16.3. The van der Waals surface area contributed by atoms with E-state index in [-0.39, 0.29) is 18.0 Å². The van der Waals surface area contributed by atoms with Crippen LogP contribution >= 0.6 is 0 Å².